The molecule has 1 aliphatic rings. The van der Waals surface area contributed by atoms with Crippen LogP contribution < -0.4 is 10.1 Å². The molecule has 5 heteroatoms. The highest BCUT2D eigenvalue weighted by Gasteiger charge is 2.21. The molecule has 2 aromatic rings. The second kappa shape index (κ2) is 7.44. The average molecular weight is 341 g/mol. The summed E-state index contributed by atoms with van der Waals surface area (Å²) in [6, 6.07) is 17.9. The van der Waals surface area contributed by atoms with Crippen molar-refractivity contribution in [1.29, 1.82) is 0 Å². The molecule has 0 aromatic heterocycles. The van der Waals surface area contributed by atoms with Gasteiger partial charge in [0, 0.05) is 6.42 Å². The first-order valence-electron chi connectivity index (χ1n) is 7.22. The number of thioether (sulfide) groups is 1. The zero-order valence-corrected chi connectivity index (χ0v) is 14.0. The van der Waals surface area contributed by atoms with E-state index in [1.54, 1.807) is 0 Å². The summed E-state index contributed by atoms with van der Waals surface area (Å²) < 4.78 is 6.25. The maximum Gasteiger partial charge on any atom is 0.263 e. The van der Waals surface area contributed by atoms with Crippen molar-refractivity contribution in [2.75, 3.05) is 6.61 Å². The van der Waals surface area contributed by atoms with Crippen LogP contribution in [0, 0.1) is 0 Å². The number of thiocarbonyl (C=S) groups is 1. The van der Waals surface area contributed by atoms with Crippen molar-refractivity contribution >= 4 is 40.3 Å². The van der Waals surface area contributed by atoms with Gasteiger partial charge in [0.05, 0.1) is 11.5 Å². The summed E-state index contributed by atoms with van der Waals surface area (Å²) in [5.41, 5.74) is 2.21. The zero-order chi connectivity index (χ0) is 16.1. The van der Waals surface area contributed by atoms with Gasteiger partial charge in [-0.3, -0.25) is 4.79 Å². The van der Waals surface area contributed by atoms with Gasteiger partial charge in [0.1, 0.15) is 10.1 Å². The van der Waals surface area contributed by atoms with E-state index in [1.807, 2.05) is 48.5 Å². The zero-order valence-electron chi connectivity index (χ0n) is 12.3. The predicted octanol–water partition coefficient (Wildman–Crippen LogP) is 3.80. The number of ether oxygens (including phenoxy) is 1. The maximum atomic E-state index is 11.6. The van der Waals surface area contributed by atoms with E-state index in [-0.39, 0.29) is 5.91 Å². The van der Waals surface area contributed by atoms with Crippen LogP contribution >= 0.6 is 24.0 Å². The Kier molecular flexibility index (Phi) is 5.10. The topological polar surface area (TPSA) is 38.3 Å². The van der Waals surface area contributed by atoms with Gasteiger partial charge < -0.3 is 10.1 Å². The van der Waals surface area contributed by atoms with Crippen molar-refractivity contribution in [3.63, 3.8) is 0 Å². The minimum absolute atomic E-state index is 0.136. The van der Waals surface area contributed by atoms with Crippen molar-refractivity contribution in [3.05, 3.63) is 70.6 Å². The number of hydrogen-bond acceptors (Lipinski definition) is 4. The van der Waals surface area contributed by atoms with E-state index < -0.39 is 0 Å². The standard InChI is InChI=1S/C18H15NO2S2/c20-17-16(23-18(22)19-17)12-14-6-8-15(9-7-14)21-11-10-13-4-2-1-3-5-13/h1-9,12H,10-11H2,(H,19,20,22)/b16-12+. The van der Waals surface area contributed by atoms with E-state index in [1.165, 1.54) is 17.3 Å². The van der Waals surface area contributed by atoms with Crippen molar-refractivity contribution in [1.82, 2.24) is 5.32 Å². The summed E-state index contributed by atoms with van der Waals surface area (Å²) in [4.78, 5) is 12.2. The molecule has 2 aromatic carbocycles. The largest absolute Gasteiger partial charge is 0.493 e. The predicted molar refractivity (Wildman–Crippen MR) is 98.4 cm³/mol. The molecule has 1 fully saturated rings. The number of nitrogens with one attached hydrogen (secondary N) is 1. The van der Waals surface area contributed by atoms with Crippen LogP contribution in [0.2, 0.25) is 0 Å². The van der Waals surface area contributed by atoms with Gasteiger partial charge in [-0.15, -0.1) is 0 Å². The number of hydrogen-bond donors (Lipinski definition) is 1. The Balaban J connectivity index is 1.56. The van der Waals surface area contributed by atoms with Crippen LogP contribution in [0.3, 0.4) is 0 Å². The van der Waals surface area contributed by atoms with Crippen LogP contribution in [0.1, 0.15) is 11.1 Å². The molecule has 1 amide bonds. The summed E-state index contributed by atoms with van der Waals surface area (Å²) >= 11 is 6.25. The molecule has 0 saturated carbocycles. The Morgan fingerprint density at radius 1 is 1.09 bits per heavy atom. The van der Waals surface area contributed by atoms with Crippen molar-refractivity contribution in [3.8, 4) is 5.75 Å². The lowest BCUT2D eigenvalue weighted by atomic mass is 10.2. The molecule has 1 heterocycles. The van der Waals surface area contributed by atoms with Gasteiger partial charge in [-0.2, -0.15) is 0 Å². The molecule has 116 valence electrons. The summed E-state index contributed by atoms with van der Waals surface area (Å²) in [5, 5.41) is 2.60. The third kappa shape index (κ3) is 4.43. The van der Waals surface area contributed by atoms with Gasteiger partial charge >= 0.3 is 0 Å². The highest BCUT2D eigenvalue weighted by atomic mass is 32.2. The maximum absolute atomic E-state index is 11.6. The Hall–Kier alpha value is -2.11. The second-order valence-electron chi connectivity index (χ2n) is 5.01. The van der Waals surface area contributed by atoms with Crippen LogP contribution in [-0.4, -0.2) is 16.8 Å². The minimum atomic E-state index is -0.136. The molecule has 0 atom stereocenters. The Morgan fingerprint density at radius 3 is 2.48 bits per heavy atom. The van der Waals surface area contributed by atoms with Crippen molar-refractivity contribution < 1.29 is 9.53 Å². The summed E-state index contributed by atoms with van der Waals surface area (Å²) in [5.74, 6) is 0.685. The van der Waals surface area contributed by atoms with E-state index in [9.17, 15) is 4.79 Å². The highest BCUT2D eigenvalue weighted by Crippen LogP contribution is 2.26. The first-order chi connectivity index (χ1) is 11.2. The number of rotatable bonds is 5. The van der Waals surface area contributed by atoms with Crippen LogP contribution in [0.25, 0.3) is 6.08 Å². The molecular formula is C18H15NO2S2. The van der Waals surface area contributed by atoms with E-state index in [0.717, 1.165) is 17.7 Å². The minimum Gasteiger partial charge on any atom is -0.493 e. The molecule has 1 saturated heterocycles. The molecule has 0 radical (unpaired) electrons. The molecule has 0 unspecified atom stereocenters. The normalized spacial score (nSPS) is 15.7. The summed E-state index contributed by atoms with van der Waals surface area (Å²) in [6.45, 7) is 0.636. The summed E-state index contributed by atoms with van der Waals surface area (Å²) in [6.07, 6.45) is 2.70. The molecular weight excluding hydrogens is 326 g/mol. The third-order valence-electron chi connectivity index (χ3n) is 3.32. The second-order valence-corrected chi connectivity index (χ2v) is 6.72. The SMILES string of the molecule is O=C1NC(=S)S/C1=C/c1ccc(OCCc2ccccc2)cc1. The first-order valence-corrected chi connectivity index (χ1v) is 8.45. The lowest BCUT2D eigenvalue weighted by Crippen LogP contribution is -2.17. The van der Waals surface area contributed by atoms with Crippen LogP contribution in [-0.2, 0) is 11.2 Å². The van der Waals surface area contributed by atoms with Crippen molar-refractivity contribution in [2.45, 2.75) is 6.42 Å². The summed E-state index contributed by atoms with van der Waals surface area (Å²) in [7, 11) is 0. The number of carbonyl (C=O) groups excluding carboxylic acids is 1. The first kappa shape index (κ1) is 15.8. The lowest BCUT2D eigenvalue weighted by molar-refractivity contribution is -0.115. The van der Waals surface area contributed by atoms with Gasteiger partial charge in [-0.25, -0.2) is 0 Å². The molecule has 23 heavy (non-hydrogen) atoms. The van der Waals surface area contributed by atoms with E-state index in [0.29, 0.717) is 15.8 Å². The third-order valence-corrected chi connectivity index (χ3v) is 4.48. The van der Waals surface area contributed by atoms with Crippen LogP contribution in [0.4, 0.5) is 0 Å². The number of carbonyl (C=O) groups is 1. The Bertz CT molecular complexity index is 739. The van der Waals surface area contributed by atoms with Crippen molar-refractivity contribution in [2.24, 2.45) is 0 Å². The smallest absolute Gasteiger partial charge is 0.263 e. The van der Waals surface area contributed by atoms with Gasteiger partial charge in [-0.05, 0) is 29.3 Å². The number of amides is 1. The van der Waals surface area contributed by atoms with Gasteiger partial charge in [0.15, 0.2) is 0 Å². The average Bonchev–Trinajstić information content (AvgIpc) is 2.88. The van der Waals surface area contributed by atoms with Gasteiger partial charge in [0.2, 0.25) is 0 Å². The molecule has 1 aliphatic heterocycles. The fourth-order valence-corrected chi connectivity index (χ4v) is 3.21. The highest BCUT2D eigenvalue weighted by molar-refractivity contribution is 8.26. The van der Waals surface area contributed by atoms with Gasteiger partial charge in [-0.1, -0.05) is 66.4 Å². The molecule has 0 spiro atoms. The van der Waals surface area contributed by atoms with E-state index in [4.69, 9.17) is 17.0 Å². The molecule has 0 bridgehead atoms. The Labute approximate surface area is 144 Å². The quantitative estimate of drug-likeness (QED) is 0.663. The molecule has 3 rings (SSSR count). The fraction of sp³-hybridized carbons (Fsp3) is 0.111. The lowest BCUT2D eigenvalue weighted by Gasteiger charge is -2.06. The van der Waals surface area contributed by atoms with Crippen LogP contribution in [0.5, 0.6) is 5.75 Å². The monoisotopic (exact) mass is 341 g/mol. The molecule has 1 N–H and O–H groups in total. The fourth-order valence-electron chi connectivity index (χ4n) is 2.16. The number of benzene rings is 2. The van der Waals surface area contributed by atoms with E-state index in [2.05, 4.69) is 17.4 Å². The molecule has 0 aliphatic carbocycles. The molecule has 3 nitrogen and oxygen atoms in total. The van der Waals surface area contributed by atoms with Gasteiger partial charge in [0.25, 0.3) is 5.91 Å². The van der Waals surface area contributed by atoms with Crippen LogP contribution in [0.15, 0.2) is 59.5 Å². The Morgan fingerprint density at radius 2 is 1.83 bits per heavy atom. The van der Waals surface area contributed by atoms with E-state index >= 15 is 0 Å².